The van der Waals surface area contributed by atoms with Crippen molar-refractivity contribution in [1.82, 2.24) is 0 Å². The van der Waals surface area contributed by atoms with E-state index in [4.69, 9.17) is 0 Å². The van der Waals surface area contributed by atoms with E-state index in [2.05, 4.69) is 26.0 Å². The summed E-state index contributed by atoms with van der Waals surface area (Å²) < 4.78 is 1.66. The fraction of sp³-hybridized carbons (Fsp3) is 0.429. The molecule has 0 aromatic rings. The third-order valence-corrected chi connectivity index (χ3v) is 4.57. The molecule has 1 rings (SSSR count). The maximum atomic E-state index is 2.28. The minimum absolute atomic E-state index is 0. The van der Waals surface area contributed by atoms with Gasteiger partial charge in [0.25, 0.3) is 0 Å². The van der Waals surface area contributed by atoms with Crippen LogP contribution >= 0.6 is 0 Å². The van der Waals surface area contributed by atoms with Crippen molar-refractivity contribution in [3.05, 3.63) is 21.1 Å². The molecule has 0 N–H and O–H groups in total. The van der Waals surface area contributed by atoms with Crippen molar-refractivity contribution >= 4 is 0 Å². The quantitative estimate of drug-likeness (QED) is 0.394. The monoisotopic (exact) mass is 343 g/mol. The standard InChI is InChI=1S/C7H9.2ClH.Hf/c1-6-3-4-7(2)5-6;;;/h3-4,6H,1-2H3;2*1H;/q;;;+2/p-2. The van der Waals surface area contributed by atoms with Gasteiger partial charge in [-0.25, -0.2) is 0 Å². The Bertz CT molecular complexity index is 161. The number of allylic oxidation sites excluding steroid dienone is 4. The number of hydrogen-bond acceptors (Lipinski definition) is 0. The van der Waals surface area contributed by atoms with Crippen LogP contribution in [0.3, 0.4) is 0 Å². The molecule has 0 amide bonds. The first kappa shape index (κ1) is 13.5. The molecular formula is C7H9Cl2Hf. The molecule has 0 saturated carbocycles. The Balaban J connectivity index is 0. The maximum Gasteiger partial charge on any atom is -1.00 e. The van der Waals surface area contributed by atoms with Crippen LogP contribution < -0.4 is 24.8 Å². The predicted octanol–water partition coefficient (Wildman–Crippen LogP) is -3.98. The van der Waals surface area contributed by atoms with E-state index in [1.807, 2.05) is 0 Å². The summed E-state index contributed by atoms with van der Waals surface area (Å²) in [7, 11) is 0. The zero-order valence-electron chi connectivity index (χ0n) is 5.99. The Morgan fingerprint density at radius 3 is 2.00 bits per heavy atom. The fourth-order valence-corrected chi connectivity index (χ4v) is 1.48. The Labute approximate surface area is 89.5 Å². The van der Waals surface area contributed by atoms with Gasteiger partial charge in [-0.3, -0.25) is 0 Å². The number of rotatable bonds is 0. The minimum Gasteiger partial charge on any atom is -1.00 e. The van der Waals surface area contributed by atoms with Gasteiger partial charge in [0.1, 0.15) is 0 Å². The summed E-state index contributed by atoms with van der Waals surface area (Å²) in [4.78, 5) is 0. The van der Waals surface area contributed by atoms with Gasteiger partial charge in [0.05, 0.1) is 0 Å². The summed E-state index contributed by atoms with van der Waals surface area (Å²) >= 11 is 1.24. The van der Waals surface area contributed by atoms with Crippen molar-refractivity contribution in [2.24, 2.45) is 5.92 Å². The van der Waals surface area contributed by atoms with E-state index in [0.717, 1.165) is 5.92 Å². The SMILES string of the molecule is CC1=[C]([Hf+2])C(C)C=C1.[Cl-].[Cl-]. The predicted molar refractivity (Wildman–Crippen MR) is 31.0 cm³/mol. The van der Waals surface area contributed by atoms with E-state index in [9.17, 15) is 0 Å². The van der Waals surface area contributed by atoms with Gasteiger partial charge in [-0.15, -0.1) is 0 Å². The molecule has 0 saturated heterocycles. The number of halogens is 2. The smallest absolute Gasteiger partial charge is 1.00 e. The summed E-state index contributed by atoms with van der Waals surface area (Å²) in [5.41, 5.74) is 1.50. The van der Waals surface area contributed by atoms with Crippen molar-refractivity contribution in [3.63, 3.8) is 0 Å². The van der Waals surface area contributed by atoms with Crippen LogP contribution in [-0.4, -0.2) is 0 Å². The van der Waals surface area contributed by atoms with Crippen molar-refractivity contribution in [3.8, 4) is 0 Å². The summed E-state index contributed by atoms with van der Waals surface area (Å²) in [6.45, 7) is 4.46. The van der Waals surface area contributed by atoms with Gasteiger partial charge in [0, 0.05) is 0 Å². The van der Waals surface area contributed by atoms with Crippen LogP contribution in [0.25, 0.3) is 0 Å². The molecule has 0 aromatic heterocycles. The fourth-order valence-electron chi connectivity index (χ4n) is 0.834. The summed E-state index contributed by atoms with van der Waals surface area (Å²) in [5.74, 6) is 0.752. The van der Waals surface area contributed by atoms with Gasteiger partial charge >= 0.3 is 65.2 Å². The van der Waals surface area contributed by atoms with E-state index >= 15 is 0 Å². The zero-order chi connectivity index (χ0) is 6.15. The third kappa shape index (κ3) is 2.89. The van der Waals surface area contributed by atoms with Crippen LogP contribution in [0.15, 0.2) is 21.1 Å². The van der Waals surface area contributed by atoms with Crippen LogP contribution in [-0.2, 0) is 24.4 Å². The molecule has 1 aliphatic carbocycles. The molecule has 55 valence electrons. The van der Waals surface area contributed by atoms with Crippen molar-refractivity contribution < 1.29 is 49.2 Å². The molecule has 10 heavy (non-hydrogen) atoms. The van der Waals surface area contributed by atoms with Gasteiger partial charge in [0.2, 0.25) is 0 Å². The molecule has 0 aromatic carbocycles. The summed E-state index contributed by atoms with van der Waals surface area (Å²) in [6, 6.07) is 0. The van der Waals surface area contributed by atoms with Crippen molar-refractivity contribution in [1.29, 1.82) is 0 Å². The Morgan fingerprint density at radius 1 is 1.40 bits per heavy atom. The first-order valence-electron chi connectivity index (χ1n) is 2.82. The Kier molecular flexibility index (Phi) is 7.52. The van der Waals surface area contributed by atoms with Crippen LogP contribution in [0.5, 0.6) is 0 Å². The van der Waals surface area contributed by atoms with Crippen LogP contribution in [0.4, 0.5) is 0 Å². The molecule has 3 heteroatoms. The van der Waals surface area contributed by atoms with Gasteiger partial charge < -0.3 is 24.8 Å². The van der Waals surface area contributed by atoms with E-state index in [-0.39, 0.29) is 24.8 Å². The van der Waals surface area contributed by atoms with Crippen molar-refractivity contribution in [2.75, 3.05) is 0 Å². The topological polar surface area (TPSA) is 0 Å². The van der Waals surface area contributed by atoms with Gasteiger partial charge in [-0.05, 0) is 0 Å². The summed E-state index contributed by atoms with van der Waals surface area (Å²) in [6.07, 6.45) is 4.50. The molecule has 0 bridgehead atoms. The summed E-state index contributed by atoms with van der Waals surface area (Å²) in [5, 5.41) is 0. The first-order chi connectivity index (χ1) is 3.72. The molecule has 0 nitrogen and oxygen atoms in total. The second kappa shape index (κ2) is 5.56. The molecule has 0 radical (unpaired) electrons. The Morgan fingerprint density at radius 2 is 1.90 bits per heavy atom. The van der Waals surface area contributed by atoms with Crippen LogP contribution in [0, 0.1) is 5.92 Å². The van der Waals surface area contributed by atoms with E-state index in [0.29, 0.717) is 0 Å². The molecule has 0 aliphatic heterocycles. The van der Waals surface area contributed by atoms with E-state index in [1.165, 1.54) is 29.9 Å². The molecule has 0 fully saturated rings. The zero-order valence-corrected chi connectivity index (χ0v) is 11.1. The molecule has 1 atom stereocenters. The largest absolute Gasteiger partial charge is 1.00 e. The molecule has 0 spiro atoms. The second-order valence-corrected chi connectivity index (χ2v) is 4.18. The minimum atomic E-state index is 0. The van der Waals surface area contributed by atoms with Gasteiger partial charge in [0.15, 0.2) is 0 Å². The Hall–Kier alpha value is 0.930. The molecule has 1 unspecified atom stereocenters. The molecule has 0 heterocycles. The van der Waals surface area contributed by atoms with Crippen LogP contribution in [0.1, 0.15) is 13.8 Å². The van der Waals surface area contributed by atoms with Gasteiger partial charge in [-0.2, -0.15) is 0 Å². The van der Waals surface area contributed by atoms with E-state index in [1.54, 1.807) is 3.33 Å². The second-order valence-electron chi connectivity index (χ2n) is 2.24. The molecular weight excluding hydrogens is 333 g/mol. The van der Waals surface area contributed by atoms with Gasteiger partial charge in [-0.1, -0.05) is 0 Å². The average Bonchev–Trinajstić information content (AvgIpc) is 1.98. The number of hydrogen-bond donors (Lipinski definition) is 0. The normalized spacial score (nSPS) is 22.2. The average molecular weight is 343 g/mol. The van der Waals surface area contributed by atoms with Crippen LogP contribution in [0.2, 0.25) is 0 Å². The van der Waals surface area contributed by atoms with Crippen molar-refractivity contribution in [2.45, 2.75) is 13.8 Å². The molecule has 1 aliphatic rings. The third-order valence-electron chi connectivity index (χ3n) is 1.52. The van der Waals surface area contributed by atoms with E-state index < -0.39 is 0 Å². The maximum absolute atomic E-state index is 2.28. The first-order valence-corrected chi connectivity index (χ1v) is 4.62.